The van der Waals surface area contributed by atoms with Crippen molar-refractivity contribution in [1.82, 2.24) is 19.8 Å². The molecule has 0 bridgehead atoms. The Bertz CT molecular complexity index is 1040. The van der Waals surface area contributed by atoms with Crippen LogP contribution in [0.5, 0.6) is 5.75 Å². The maximum atomic E-state index is 5.92. The molecule has 0 spiro atoms. The third kappa shape index (κ3) is 3.99. The molecule has 1 N–H and O–H groups in total. The van der Waals surface area contributed by atoms with E-state index >= 15 is 0 Å². The highest BCUT2D eigenvalue weighted by Crippen LogP contribution is 2.43. The van der Waals surface area contributed by atoms with Gasteiger partial charge in [-0.3, -0.25) is 4.98 Å². The first-order chi connectivity index (χ1) is 15.8. The van der Waals surface area contributed by atoms with Gasteiger partial charge in [0.05, 0.1) is 24.4 Å². The molecule has 2 aromatic heterocycles. The molecule has 32 heavy (non-hydrogen) atoms. The maximum Gasteiger partial charge on any atom is 0.170 e. The van der Waals surface area contributed by atoms with Gasteiger partial charge in [-0.25, -0.2) is 0 Å². The number of nitrogens with zero attached hydrogens (tertiary/aromatic N) is 3. The summed E-state index contributed by atoms with van der Waals surface area (Å²) in [6.45, 7) is 2.67. The van der Waals surface area contributed by atoms with E-state index in [0.29, 0.717) is 12.6 Å². The van der Waals surface area contributed by atoms with E-state index in [1.165, 1.54) is 37.8 Å². The van der Waals surface area contributed by atoms with Crippen LogP contribution >= 0.6 is 12.2 Å². The van der Waals surface area contributed by atoms with Gasteiger partial charge in [0.15, 0.2) is 5.11 Å². The van der Waals surface area contributed by atoms with Gasteiger partial charge in [-0.2, -0.15) is 0 Å². The van der Waals surface area contributed by atoms with Crippen LogP contribution in [0.3, 0.4) is 0 Å². The Labute approximate surface area is 195 Å². The molecule has 1 saturated heterocycles. The number of aromatic nitrogens is 2. The van der Waals surface area contributed by atoms with Crippen molar-refractivity contribution in [3.63, 3.8) is 0 Å². The lowest BCUT2D eigenvalue weighted by Gasteiger charge is -2.37. The summed E-state index contributed by atoms with van der Waals surface area (Å²) in [5.74, 6) is 0.892. The molecule has 3 aromatic rings. The van der Waals surface area contributed by atoms with E-state index in [1.807, 2.05) is 31.3 Å². The zero-order valence-electron chi connectivity index (χ0n) is 18.5. The standard InChI is InChI=1S/C26H30N4OS/c1-2-31-21-15-13-19(14-16-21)29-18-8-12-23(29)25-24(22-11-6-7-17-27-22)28-26(32)30(25)20-9-4-3-5-10-20/h6-8,11-18,20,24-25H,2-5,9-10H2,1H3,(H,28,32)/t24-,25+/m0/s1. The monoisotopic (exact) mass is 446 g/mol. The van der Waals surface area contributed by atoms with Gasteiger partial charge in [0, 0.05) is 29.8 Å². The summed E-state index contributed by atoms with van der Waals surface area (Å²) in [5, 5.41) is 4.47. The number of pyridine rings is 1. The fraction of sp³-hybridized carbons (Fsp3) is 0.385. The predicted molar refractivity (Wildman–Crippen MR) is 131 cm³/mol. The second kappa shape index (κ2) is 9.33. The lowest BCUT2D eigenvalue weighted by atomic mass is 9.92. The van der Waals surface area contributed by atoms with Gasteiger partial charge in [-0.1, -0.05) is 25.3 Å². The molecule has 1 aliphatic heterocycles. The minimum atomic E-state index is 0.0157. The van der Waals surface area contributed by atoms with E-state index in [2.05, 4.69) is 57.4 Å². The molecule has 5 nitrogen and oxygen atoms in total. The number of hydrogen-bond acceptors (Lipinski definition) is 3. The highest BCUT2D eigenvalue weighted by atomic mass is 32.1. The Morgan fingerprint density at radius 3 is 2.56 bits per heavy atom. The van der Waals surface area contributed by atoms with Crippen molar-refractivity contribution >= 4 is 17.3 Å². The molecule has 0 radical (unpaired) electrons. The maximum absolute atomic E-state index is 5.92. The van der Waals surface area contributed by atoms with E-state index in [4.69, 9.17) is 21.9 Å². The molecule has 2 fully saturated rings. The van der Waals surface area contributed by atoms with Gasteiger partial charge in [0.25, 0.3) is 0 Å². The molecular weight excluding hydrogens is 416 g/mol. The van der Waals surface area contributed by atoms with Crippen molar-refractivity contribution < 1.29 is 4.74 Å². The number of rotatable bonds is 6. The molecule has 6 heteroatoms. The molecule has 2 aliphatic rings. The topological polar surface area (TPSA) is 42.3 Å². The zero-order chi connectivity index (χ0) is 21.9. The minimum absolute atomic E-state index is 0.0157. The molecule has 5 rings (SSSR count). The van der Waals surface area contributed by atoms with Crippen molar-refractivity contribution in [1.29, 1.82) is 0 Å². The Kier molecular flexibility index (Phi) is 6.12. The fourth-order valence-electron chi connectivity index (χ4n) is 5.17. The third-order valence-electron chi connectivity index (χ3n) is 6.61. The van der Waals surface area contributed by atoms with Gasteiger partial charge in [-0.15, -0.1) is 0 Å². The normalized spacial score (nSPS) is 21.5. The highest BCUT2D eigenvalue weighted by molar-refractivity contribution is 7.80. The van der Waals surface area contributed by atoms with Gasteiger partial charge in [-0.05, 0) is 80.5 Å². The Hall–Kier alpha value is -2.86. The molecule has 1 aromatic carbocycles. The quantitative estimate of drug-likeness (QED) is 0.501. The first-order valence-electron chi connectivity index (χ1n) is 11.7. The molecule has 1 aliphatic carbocycles. The summed E-state index contributed by atoms with van der Waals surface area (Å²) >= 11 is 5.92. The second-order valence-corrected chi connectivity index (χ2v) is 8.94. The first kappa shape index (κ1) is 21.0. The Morgan fingerprint density at radius 1 is 1.03 bits per heavy atom. The number of benzene rings is 1. The van der Waals surface area contributed by atoms with E-state index in [1.54, 1.807) is 0 Å². The number of ether oxygens (including phenoxy) is 1. The van der Waals surface area contributed by atoms with Crippen molar-refractivity contribution in [2.24, 2.45) is 0 Å². The molecule has 0 unspecified atom stereocenters. The number of nitrogens with one attached hydrogen (secondary N) is 1. The van der Waals surface area contributed by atoms with Gasteiger partial charge < -0.3 is 19.5 Å². The SMILES string of the molecule is CCOc1ccc(-n2cccc2[C@@H]2[C@H](c3ccccn3)NC(=S)N2C2CCCCC2)cc1. The van der Waals surface area contributed by atoms with Gasteiger partial charge in [0.1, 0.15) is 5.75 Å². The van der Waals surface area contributed by atoms with Crippen LogP contribution in [0.2, 0.25) is 0 Å². The van der Waals surface area contributed by atoms with Crippen LogP contribution in [-0.4, -0.2) is 32.2 Å². The Balaban J connectivity index is 1.56. The molecule has 3 heterocycles. The van der Waals surface area contributed by atoms with Crippen LogP contribution in [0.15, 0.2) is 67.0 Å². The van der Waals surface area contributed by atoms with Crippen molar-refractivity contribution in [2.75, 3.05) is 6.61 Å². The summed E-state index contributed by atoms with van der Waals surface area (Å²) in [5.41, 5.74) is 3.37. The second-order valence-electron chi connectivity index (χ2n) is 8.56. The molecule has 2 atom stereocenters. The first-order valence-corrected chi connectivity index (χ1v) is 12.1. The van der Waals surface area contributed by atoms with E-state index < -0.39 is 0 Å². The van der Waals surface area contributed by atoms with E-state index in [9.17, 15) is 0 Å². The Morgan fingerprint density at radius 2 is 1.84 bits per heavy atom. The fourth-order valence-corrected chi connectivity index (χ4v) is 5.56. The lowest BCUT2D eigenvalue weighted by Crippen LogP contribution is -2.40. The summed E-state index contributed by atoms with van der Waals surface area (Å²) in [6, 6.07) is 19.4. The van der Waals surface area contributed by atoms with Crippen molar-refractivity contribution in [3.8, 4) is 11.4 Å². The van der Waals surface area contributed by atoms with Crippen molar-refractivity contribution in [3.05, 3.63) is 78.4 Å². The number of thiocarbonyl (C=S) groups is 1. The average Bonchev–Trinajstić information content (AvgIpc) is 3.45. The smallest absolute Gasteiger partial charge is 0.170 e. The zero-order valence-corrected chi connectivity index (χ0v) is 19.3. The van der Waals surface area contributed by atoms with Crippen LogP contribution in [0.1, 0.15) is 62.5 Å². The lowest BCUT2D eigenvalue weighted by molar-refractivity contribution is 0.193. The summed E-state index contributed by atoms with van der Waals surface area (Å²) in [4.78, 5) is 7.16. The summed E-state index contributed by atoms with van der Waals surface area (Å²) in [7, 11) is 0. The summed E-state index contributed by atoms with van der Waals surface area (Å²) in [6.07, 6.45) is 10.2. The van der Waals surface area contributed by atoms with Crippen LogP contribution in [-0.2, 0) is 0 Å². The third-order valence-corrected chi connectivity index (χ3v) is 6.94. The average molecular weight is 447 g/mol. The molecule has 166 valence electrons. The van der Waals surface area contributed by atoms with Gasteiger partial charge >= 0.3 is 0 Å². The van der Waals surface area contributed by atoms with E-state index in [0.717, 1.165) is 22.2 Å². The van der Waals surface area contributed by atoms with Crippen LogP contribution in [0, 0.1) is 0 Å². The van der Waals surface area contributed by atoms with E-state index in [-0.39, 0.29) is 12.1 Å². The van der Waals surface area contributed by atoms with Crippen LogP contribution in [0.25, 0.3) is 5.69 Å². The van der Waals surface area contributed by atoms with Crippen molar-refractivity contribution in [2.45, 2.75) is 57.2 Å². The summed E-state index contributed by atoms with van der Waals surface area (Å²) < 4.78 is 7.92. The largest absolute Gasteiger partial charge is 0.494 e. The minimum Gasteiger partial charge on any atom is -0.494 e. The van der Waals surface area contributed by atoms with Crippen LogP contribution in [0.4, 0.5) is 0 Å². The highest BCUT2D eigenvalue weighted by Gasteiger charge is 2.44. The molecular formula is C26H30N4OS. The molecule has 0 amide bonds. The molecule has 1 saturated carbocycles. The van der Waals surface area contributed by atoms with Crippen LogP contribution < -0.4 is 10.1 Å². The number of hydrogen-bond donors (Lipinski definition) is 1. The predicted octanol–water partition coefficient (Wildman–Crippen LogP) is 5.58. The van der Waals surface area contributed by atoms with Gasteiger partial charge in [0.2, 0.25) is 0 Å².